The van der Waals surface area contributed by atoms with Gasteiger partial charge in [0.1, 0.15) is 0 Å². The molecule has 3 rings (SSSR count). The van der Waals surface area contributed by atoms with Crippen molar-refractivity contribution in [1.82, 2.24) is 14.9 Å². The van der Waals surface area contributed by atoms with E-state index in [0.29, 0.717) is 31.1 Å². The first kappa shape index (κ1) is 18.9. The van der Waals surface area contributed by atoms with E-state index >= 15 is 0 Å². The van der Waals surface area contributed by atoms with Gasteiger partial charge in [0.2, 0.25) is 5.95 Å². The smallest absolute Gasteiger partial charge is 0.256 e. The van der Waals surface area contributed by atoms with Crippen LogP contribution in [0.3, 0.4) is 0 Å². The molecule has 7 nitrogen and oxygen atoms in total. The van der Waals surface area contributed by atoms with E-state index in [2.05, 4.69) is 14.9 Å². The van der Waals surface area contributed by atoms with Crippen LogP contribution in [0.2, 0.25) is 0 Å². The van der Waals surface area contributed by atoms with Crippen LogP contribution in [0, 0.1) is 0 Å². The van der Waals surface area contributed by atoms with Crippen molar-refractivity contribution in [1.29, 1.82) is 0 Å². The van der Waals surface area contributed by atoms with Gasteiger partial charge in [-0.1, -0.05) is 0 Å². The quantitative estimate of drug-likeness (QED) is 0.778. The first-order valence-electron chi connectivity index (χ1n) is 9.21. The Morgan fingerprint density at radius 1 is 1.07 bits per heavy atom. The summed E-state index contributed by atoms with van der Waals surface area (Å²) in [6.07, 6.45) is 4.11. The first-order valence-corrected chi connectivity index (χ1v) is 9.21. The fourth-order valence-corrected chi connectivity index (χ4v) is 3.34. The van der Waals surface area contributed by atoms with Crippen molar-refractivity contribution >= 4 is 11.9 Å². The van der Waals surface area contributed by atoms with Gasteiger partial charge in [0.15, 0.2) is 11.5 Å². The minimum absolute atomic E-state index is 0.0348. The van der Waals surface area contributed by atoms with E-state index in [-0.39, 0.29) is 5.91 Å². The Balaban J connectivity index is 1.78. The van der Waals surface area contributed by atoms with Crippen molar-refractivity contribution in [2.24, 2.45) is 0 Å². The molecular weight excluding hydrogens is 344 g/mol. The van der Waals surface area contributed by atoms with Crippen LogP contribution in [0.1, 0.15) is 35.3 Å². The number of anilines is 1. The van der Waals surface area contributed by atoms with E-state index in [0.717, 1.165) is 24.5 Å². The van der Waals surface area contributed by atoms with E-state index in [9.17, 15) is 4.79 Å². The molecule has 0 spiro atoms. The lowest BCUT2D eigenvalue weighted by molar-refractivity contribution is 0.0772. The second kappa shape index (κ2) is 8.24. The van der Waals surface area contributed by atoms with Gasteiger partial charge in [-0.25, -0.2) is 9.97 Å². The van der Waals surface area contributed by atoms with Crippen LogP contribution in [0.25, 0.3) is 0 Å². The molecule has 144 valence electrons. The molecule has 1 aromatic heterocycles. The zero-order valence-electron chi connectivity index (χ0n) is 16.4. The fraction of sp³-hybridized carbons (Fsp3) is 0.450. The topological polar surface area (TPSA) is 67.8 Å². The van der Waals surface area contributed by atoms with E-state index in [1.54, 1.807) is 31.5 Å². The van der Waals surface area contributed by atoms with Crippen LogP contribution in [-0.4, -0.2) is 54.6 Å². The summed E-state index contributed by atoms with van der Waals surface area (Å²) in [5, 5.41) is 0. The Hall–Kier alpha value is -2.83. The standard InChI is InChI=1S/C20H26N4O3/c1-5-23(6-2)19(25)16-11-21-20(22-12-16)24-8-7-14-9-17(26-3)18(27-4)10-15(14)13-24/h9-12H,5-8,13H2,1-4H3. The molecule has 2 heterocycles. The number of rotatable bonds is 6. The third kappa shape index (κ3) is 3.82. The monoisotopic (exact) mass is 370 g/mol. The Morgan fingerprint density at radius 2 is 1.67 bits per heavy atom. The van der Waals surface area contributed by atoms with Gasteiger partial charge in [0.25, 0.3) is 5.91 Å². The van der Waals surface area contributed by atoms with Crippen LogP contribution in [-0.2, 0) is 13.0 Å². The number of fused-ring (bicyclic) bond motifs is 1. The van der Waals surface area contributed by atoms with Crippen LogP contribution in [0.5, 0.6) is 11.5 Å². The van der Waals surface area contributed by atoms with Crippen LogP contribution in [0.4, 0.5) is 5.95 Å². The molecule has 1 aromatic carbocycles. The van der Waals surface area contributed by atoms with Gasteiger partial charge in [-0.2, -0.15) is 0 Å². The van der Waals surface area contributed by atoms with Gasteiger partial charge in [0, 0.05) is 38.6 Å². The number of carbonyl (C=O) groups excluding carboxylic acids is 1. The lowest BCUT2D eigenvalue weighted by atomic mass is 9.99. The van der Waals surface area contributed by atoms with Gasteiger partial charge in [-0.15, -0.1) is 0 Å². The second-order valence-electron chi connectivity index (χ2n) is 6.40. The Morgan fingerprint density at radius 3 is 2.22 bits per heavy atom. The SMILES string of the molecule is CCN(CC)C(=O)c1cnc(N2CCc3cc(OC)c(OC)cc3C2)nc1. The number of benzene rings is 1. The maximum atomic E-state index is 12.4. The molecule has 0 radical (unpaired) electrons. The number of carbonyl (C=O) groups is 1. The Labute approximate surface area is 159 Å². The van der Waals surface area contributed by atoms with Gasteiger partial charge in [-0.05, 0) is 43.5 Å². The predicted octanol–water partition coefficient (Wildman–Crippen LogP) is 2.54. The van der Waals surface area contributed by atoms with Crippen molar-refractivity contribution < 1.29 is 14.3 Å². The molecule has 0 unspecified atom stereocenters. The highest BCUT2D eigenvalue weighted by Gasteiger charge is 2.22. The van der Waals surface area contributed by atoms with Crippen LogP contribution >= 0.6 is 0 Å². The van der Waals surface area contributed by atoms with E-state index in [4.69, 9.17) is 9.47 Å². The Bertz CT molecular complexity index is 804. The van der Waals surface area contributed by atoms with E-state index in [1.807, 2.05) is 26.0 Å². The molecule has 7 heteroatoms. The Kier molecular flexibility index (Phi) is 5.78. The maximum absolute atomic E-state index is 12.4. The maximum Gasteiger partial charge on any atom is 0.256 e. The predicted molar refractivity (Wildman–Crippen MR) is 104 cm³/mol. The minimum Gasteiger partial charge on any atom is -0.493 e. The second-order valence-corrected chi connectivity index (χ2v) is 6.40. The summed E-state index contributed by atoms with van der Waals surface area (Å²) >= 11 is 0. The molecule has 0 atom stereocenters. The molecule has 27 heavy (non-hydrogen) atoms. The van der Waals surface area contributed by atoms with E-state index < -0.39 is 0 Å². The molecule has 1 amide bonds. The van der Waals surface area contributed by atoms with Crippen molar-refractivity contribution in [3.63, 3.8) is 0 Å². The van der Waals surface area contributed by atoms with Crippen molar-refractivity contribution in [2.75, 3.05) is 38.8 Å². The van der Waals surface area contributed by atoms with Gasteiger partial charge < -0.3 is 19.3 Å². The number of amides is 1. The number of aromatic nitrogens is 2. The normalized spacial score (nSPS) is 13.1. The molecule has 0 saturated heterocycles. The summed E-state index contributed by atoms with van der Waals surface area (Å²) in [6, 6.07) is 4.05. The molecule has 0 saturated carbocycles. The third-order valence-electron chi connectivity index (χ3n) is 4.94. The summed E-state index contributed by atoms with van der Waals surface area (Å²) in [6.45, 7) is 6.78. The number of nitrogens with zero attached hydrogens (tertiary/aromatic N) is 4. The van der Waals surface area contributed by atoms with Crippen LogP contribution < -0.4 is 14.4 Å². The zero-order valence-corrected chi connectivity index (χ0v) is 16.4. The number of hydrogen-bond acceptors (Lipinski definition) is 6. The van der Waals surface area contributed by atoms with Crippen LogP contribution in [0.15, 0.2) is 24.5 Å². The highest BCUT2D eigenvalue weighted by atomic mass is 16.5. The number of ether oxygens (including phenoxy) is 2. The summed E-state index contributed by atoms with van der Waals surface area (Å²) in [5.74, 6) is 2.07. The van der Waals surface area contributed by atoms with Gasteiger partial charge >= 0.3 is 0 Å². The lowest BCUT2D eigenvalue weighted by Crippen LogP contribution is -2.33. The largest absolute Gasteiger partial charge is 0.493 e. The highest BCUT2D eigenvalue weighted by molar-refractivity contribution is 5.93. The van der Waals surface area contributed by atoms with E-state index in [1.165, 1.54) is 11.1 Å². The summed E-state index contributed by atoms with van der Waals surface area (Å²) in [7, 11) is 3.29. The average molecular weight is 370 g/mol. The van der Waals surface area contributed by atoms with Crippen molar-refractivity contribution in [3.05, 3.63) is 41.2 Å². The third-order valence-corrected chi connectivity index (χ3v) is 4.94. The number of methoxy groups -OCH3 is 2. The summed E-state index contributed by atoms with van der Waals surface area (Å²) in [5.41, 5.74) is 2.94. The molecule has 1 aliphatic rings. The molecule has 2 aromatic rings. The van der Waals surface area contributed by atoms with Gasteiger partial charge in [0.05, 0.1) is 19.8 Å². The lowest BCUT2D eigenvalue weighted by Gasteiger charge is -2.29. The molecule has 0 N–H and O–H groups in total. The fourth-order valence-electron chi connectivity index (χ4n) is 3.34. The first-order chi connectivity index (χ1) is 13.1. The summed E-state index contributed by atoms with van der Waals surface area (Å²) in [4.78, 5) is 25.1. The molecular formula is C20H26N4O3. The zero-order chi connectivity index (χ0) is 19.4. The molecule has 1 aliphatic heterocycles. The summed E-state index contributed by atoms with van der Waals surface area (Å²) < 4.78 is 10.8. The van der Waals surface area contributed by atoms with Crippen molar-refractivity contribution in [3.8, 4) is 11.5 Å². The highest BCUT2D eigenvalue weighted by Crippen LogP contribution is 2.33. The minimum atomic E-state index is -0.0348. The molecule has 0 bridgehead atoms. The number of hydrogen-bond donors (Lipinski definition) is 0. The average Bonchev–Trinajstić information content (AvgIpc) is 2.73. The van der Waals surface area contributed by atoms with Crippen molar-refractivity contribution in [2.45, 2.75) is 26.8 Å². The molecule has 0 fully saturated rings. The van der Waals surface area contributed by atoms with Gasteiger partial charge in [-0.3, -0.25) is 4.79 Å². The molecule has 0 aliphatic carbocycles.